The van der Waals surface area contributed by atoms with Gasteiger partial charge in [-0.2, -0.15) is 0 Å². The molecule has 1 unspecified atom stereocenters. The van der Waals surface area contributed by atoms with E-state index in [0.29, 0.717) is 31.2 Å². The first-order valence-electron chi connectivity index (χ1n) is 9.36. The van der Waals surface area contributed by atoms with Gasteiger partial charge in [0, 0.05) is 32.7 Å². The number of carbonyl (C=O) groups excluding carboxylic acids is 2. The molecule has 0 saturated carbocycles. The summed E-state index contributed by atoms with van der Waals surface area (Å²) in [6, 6.07) is -0.212. The van der Waals surface area contributed by atoms with Crippen molar-refractivity contribution in [3.05, 3.63) is 0 Å². The first-order chi connectivity index (χ1) is 12.6. The van der Waals surface area contributed by atoms with Gasteiger partial charge in [-0.1, -0.05) is 11.3 Å². The molecule has 3 heterocycles. The third-order valence-corrected chi connectivity index (χ3v) is 5.56. The van der Waals surface area contributed by atoms with Gasteiger partial charge < -0.3 is 15.0 Å². The van der Waals surface area contributed by atoms with Crippen molar-refractivity contribution < 1.29 is 14.3 Å². The molecular formula is C17H27N5O3S. The second-order valence-electron chi connectivity index (χ2n) is 6.93. The first-order valence-corrected chi connectivity index (χ1v) is 10.2. The molecule has 0 spiro atoms. The molecule has 2 aliphatic rings. The predicted molar refractivity (Wildman–Crippen MR) is 101 cm³/mol. The smallest absolute Gasteiger partial charge is 0.242 e. The first kappa shape index (κ1) is 19.0. The molecule has 0 aromatic carbocycles. The Morgan fingerprint density at radius 2 is 2.12 bits per heavy atom. The van der Waals surface area contributed by atoms with E-state index < -0.39 is 0 Å². The normalized spacial score (nSPS) is 20.4. The molecule has 1 N–H and O–H groups in total. The van der Waals surface area contributed by atoms with Crippen LogP contribution in [0.15, 0.2) is 0 Å². The predicted octanol–water partition coefficient (Wildman–Crippen LogP) is 1.56. The van der Waals surface area contributed by atoms with Gasteiger partial charge in [0.25, 0.3) is 0 Å². The number of rotatable bonds is 8. The van der Waals surface area contributed by atoms with Crippen LogP contribution in [0.5, 0.6) is 0 Å². The number of nitrogens with one attached hydrogen (secondary N) is 1. The van der Waals surface area contributed by atoms with Crippen LogP contribution in [-0.2, 0) is 14.3 Å². The van der Waals surface area contributed by atoms with Gasteiger partial charge in [-0.15, -0.1) is 10.2 Å². The highest BCUT2D eigenvalue weighted by atomic mass is 32.1. The summed E-state index contributed by atoms with van der Waals surface area (Å²) in [6.07, 6.45) is 4.21. The Hall–Kier alpha value is -1.74. The molecule has 9 heteroatoms. The van der Waals surface area contributed by atoms with Crippen molar-refractivity contribution >= 4 is 33.4 Å². The van der Waals surface area contributed by atoms with Crippen LogP contribution >= 0.6 is 11.3 Å². The van der Waals surface area contributed by atoms with E-state index in [2.05, 4.69) is 15.5 Å². The highest BCUT2D eigenvalue weighted by molar-refractivity contribution is 7.19. The Morgan fingerprint density at radius 1 is 1.31 bits per heavy atom. The zero-order valence-corrected chi connectivity index (χ0v) is 16.3. The summed E-state index contributed by atoms with van der Waals surface area (Å²) in [5.41, 5.74) is 0. The average molecular weight is 382 g/mol. The van der Waals surface area contributed by atoms with E-state index >= 15 is 0 Å². The fourth-order valence-corrected chi connectivity index (χ4v) is 4.24. The van der Waals surface area contributed by atoms with E-state index in [0.717, 1.165) is 37.4 Å². The maximum atomic E-state index is 12.5. The van der Waals surface area contributed by atoms with Crippen LogP contribution in [0.3, 0.4) is 0 Å². The van der Waals surface area contributed by atoms with Crippen molar-refractivity contribution in [1.29, 1.82) is 0 Å². The van der Waals surface area contributed by atoms with Crippen molar-refractivity contribution in [2.75, 3.05) is 36.0 Å². The molecule has 26 heavy (non-hydrogen) atoms. The average Bonchev–Trinajstić information content (AvgIpc) is 3.33. The Labute approximate surface area is 157 Å². The quantitative estimate of drug-likeness (QED) is 0.688. The van der Waals surface area contributed by atoms with Gasteiger partial charge in [-0.3, -0.25) is 14.5 Å². The van der Waals surface area contributed by atoms with Crippen molar-refractivity contribution in [1.82, 2.24) is 15.5 Å². The number of hydrogen-bond donors (Lipinski definition) is 1. The Balaban J connectivity index is 1.54. The van der Waals surface area contributed by atoms with Crippen LogP contribution in [0.1, 0.15) is 46.0 Å². The van der Waals surface area contributed by atoms with Crippen LogP contribution in [-0.4, -0.2) is 60.4 Å². The second-order valence-corrected chi connectivity index (χ2v) is 7.87. The molecular weight excluding hydrogens is 354 g/mol. The van der Waals surface area contributed by atoms with Gasteiger partial charge in [0.1, 0.15) is 6.04 Å². The summed E-state index contributed by atoms with van der Waals surface area (Å²) in [6.45, 7) is 6.75. The van der Waals surface area contributed by atoms with E-state index in [1.54, 1.807) is 4.90 Å². The summed E-state index contributed by atoms with van der Waals surface area (Å²) in [7, 11) is 0. The SMILES string of the molecule is CC(C)OCCCNC(=O)C1CCCN1c1nnc(N2CCCC2=O)s1. The van der Waals surface area contributed by atoms with Gasteiger partial charge in [0.2, 0.25) is 22.1 Å². The van der Waals surface area contributed by atoms with E-state index in [4.69, 9.17) is 4.74 Å². The molecule has 0 bridgehead atoms. The Kier molecular flexibility index (Phi) is 6.42. The number of nitrogens with zero attached hydrogens (tertiary/aromatic N) is 4. The highest BCUT2D eigenvalue weighted by Gasteiger charge is 2.34. The number of anilines is 2. The summed E-state index contributed by atoms with van der Waals surface area (Å²) in [4.78, 5) is 28.1. The number of hydrogen-bond acceptors (Lipinski definition) is 7. The second kappa shape index (κ2) is 8.77. The van der Waals surface area contributed by atoms with E-state index in [9.17, 15) is 9.59 Å². The molecule has 8 nitrogen and oxygen atoms in total. The van der Waals surface area contributed by atoms with E-state index in [1.807, 2.05) is 18.7 Å². The van der Waals surface area contributed by atoms with Crippen LogP contribution < -0.4 is 15.1 Å². The molecule has 2 aliphatic heterocycles. The van der Waals surface area contributed by atoms with Crippen molar-refractivity contribution in [2.45, 2.75) is 58.1 Å². The lowest BCUT2D eigenvalue weighted by Gasteiger charge is -2.22. The van der Waals surface area contributed by atoms with Crippen LogP contribution in [0.4, 0.5) is 10.3 Å². The van der Waals surface area contributed by atoms with Crippen molar-refractivity contribution in [2.24, 2.45) is 0 Å². The van der Waals surface area contributed by atoms with Crippen LogP contribution in [0.25, 0.3) is 0 Å². The Morgan fingerprint density at radius 3 is 2.85 bits per heavy atom. The lowest BCUT2D eigenvalue weighted by Crippen LogP contribution is -2.43. The van der Waals surface area contributed by atoms with E-state index in [-0.39, 0.29) is 24.0 Å². The van der Waals surface area contributed by atoms with Crippen LogP contribution in [0, 0.1) is 0 Å². The standard InChI is InChI=1S/C17H27N5O3S/c1-12(2)25-11-5-8-18-15(24)13-6-3-9-21(13)16-19-20-17(26-16)22-10-4-7-14(22)23/h12-13H,3-11H2,1-2H3,(H,18,24). The largest absolute Gasteiger partial charge is 0.379 e. The highest BCUT2D eigenvalue weighted by Crippen LogP contribution is 2.33. The van der Waals surface area contributed by atoms with E-state index in [1.165, 1.54) is 11.3 Å². The molecule has 0 radical (unpaired) electrons. The summed E-state index contributed by atoms with van der Waals surface area (Å²) in [5.74, 6) is 0.132. The summed E-state index contributed by atoms with van der Waals surface area (Å²) >= 11 is 1.40. The molecule has 144 valence electrons. The zero-order chi connectivity index (χ0) is 18.5. The maximum Gasteiger partial charge on any atom is 0.242 e. The minimum absolute atomic E-state index is 0.0287. The van der Waals surface area contributed by atoms with Gasteiger partial charge in [0.05, 0.1) is 6.10 Å². The topological polar surface area (TPSA) is 87.7 Å². The third kappa shape index (κ3) is 4.50. The molecule has 2 saturated heterocycles. The molecule has 1 aromatic rings. The van der Waals surface area contributed by atoms with Gasteiger partial charge in [-0.25, -0.2) is 0 Å². The molecule has 2 fully saturated rings. The summed E-state index contributed by atoms with van der Waals surface area (Å²) < 4.78 is 5.49. The number of carbonyl (C=O) groups is 2. The van der Waals surface area contributed by atoms with Gasteiger partial charge in [-0.05, 0) is 39.5 Å². The van der Waals surface area contributed by atoms with Gasteiger partial charge in [0.15, 0.2) is 0 Å². The molecule has 1 aromatic heterocycles. The zero-order valence-electron chi connectivity index (χ0n) is 15.4. The maximum absolute atomic E-state index is 12.5. The lowest BCUT2D eigenvalue weighted by atomic mass is 10.2. The molecule has 0 aliphatic carbocycles. The minimum Gasteiger partial charge on any atom is -0.379 e. The minimum atomic E-state index is -0.212. The van der Waals surface area contributed by atoms with Crippen molar-refractivity contribution in [3.8, 4) is 0 Å². The number of ether oxygens (including phenoxy) is 1. The lowest BCUT2D eigenvalue weighted by molar-refractivity contribution is -0.122. The number of amides is 2. The van der Waals surface area contributed by atoms with Crippen LogP contribution in [0.2, 0.25) is 0 Å². The molecule has 3 rings (SSSR count). The fraction of sp³-hybridized carbons (Fsp3) is 0.765. The molecule has 1 atom stereocenters. The van der Waals surface area contributed by atoms with Crippen molar-refractivity contribution in [3.63, 3.8) is 0 Å². The summed E-state index contributed by atoms with van der Waals surface area (Å²) in [5, 5.41) is 12.8. The Bertz CT molecular complexity index is 636. The monoisotopic (exact) mass is 381 g/mol. The number of aromatic nitrogens is 2. The third-order valence-electron chi connectivity index (χ3n) is 4.58. The molecule has 2 amide bonds. The van der Waals surface area contributed by atoms with Gasteiger partial charge >= 0.3 is 0 Å². The fourth-order valence-electron chi connectivity index (χ4n) is 3.27.